The SMILES string of the molecule is CC(=Nc1c(C)ncnc1N1CCc2cc(F)ccc21)C(=O)NCCN1CCNCC1. The van der Waals surface area contributed by atoms with E-state index in [0.29, 0.717) is 36.0 Å². The molecule has 8 nitrogen and oxygen atoms in total. The normalized spacial score (nSPS) is 17.0. The molecule has 0 atom stereocenters. The maximum atomic E-state index is 13.6. The van der Waals surface area contributed by atoms with Crippen molar-refractivity contribution in [2.75, 3.05) is 50.7 Å². The molecule has 1 aromatic heterocycles. The highest BCUT2D eigenvalue weighted by molar-refractivity contribution is 6.38. The molecule has 0 spiro atoms. The zero-order valence-corrected chi connectivity index (χ0v) is 18.0. The van der Waals surface area contributed by atoms with Gasteiger partial charge < -0.3 is 15.5 Å². The lowest BCUT2D eigenvalue weighted by Gasteiger charge is -2.27. The first kappa shape index (κ1) is 21.3. The Kier molecular flexibility index (Phi) is 6.53. The van der Waals surface area contributed by atoms with Crippen molar-refractivity contribution >= 4 is 28.8 Å². The Bertz CT molecular complexity index is 988. The third-order valence-corrected chi connectivity index (χ3v) is 5.71. The highest BCUT2D eigenvalue weighted by atomic mass is 19.1. The fourth-order valence-corrected chi connectivity index (χ4v) is 3.98. The summed E-state index contributed by atoms with van der Waals surface area (Å²) in [6.07, 6.45) is 2.22. The number of nitrogens with one attached hydrogen (secondary N) is 2. The molecule has 0 radical (unpaired) electrons. The van der Waals surface area contributed by atoms with Crippen LogP contribution in [0, 0.1) is 12.7 Å². The van der Waals surface area contributed by atoms with Crippen LogP contribution in [0.15, 0.2) is 29.5 Å². The number of carbonyl (C=O) groups is 1. The lowest BCUT2D eigenvalue weighted by Crippen LogP contribution is -2.46. The molecule has 0 aliphatic carbocycles. The summed E-state index contributed by atoms with van der Waals surface area (Å²) in [6.45, 7) is 9.57. The van der Waals surface area contributed by atoms with E-state index in [4.69, 9.17) is 0 Å². The van der Waals surface area contributed by atoms with E-state index >= 15 is 0 Å². The molecule has 9 heteroatoms. The van der Waals surface area contributed by atoms with Crippen molar-refractivity contribution < 1.29 is 9.18 Å². The quantitative estimate of drug-likeness (QED) is 0.686. The number of anilines is 2. The number of aliphatic imine (C=N–C) groups is 1. The molecule has 2 aliphatic heterocycles. The van der Waals surface area contributed by atoms with Gasteiger partial charge in [0.05, 0.1) is 5.69 Å². The summed E-state index contributed by atoms with van der Waals surface area (Å²) >= 11 is 0. The Balaban J connectivity index is 1.49. The lowest BCUT2D eigenvalue weighted by molar-refractivity contribution is -0.114. The Hall–Kier alpha value is -2.91. The molecule has 1 amide bonds. The first-order valence-electron chi connectivity index (χ1n) is 10.7. The van der Waals surface area contributed by atoms with Gasteiger partial charge in [-0.15, -0.1) is 0 Å². The standard InChI is InChI=1S/C22H28FN7O/c1-15-20(28-16(2)22(31)25-8-12-29-10-6-24-7-11-29)21(27-14-26-15)30-9-5-17-13-18(23)3-4-19(17)30/h3-4,13-14,24H,5-12H2,1-2H3,(H,25,31). The van der Waals surface area contributed by atoms with Crippen molar-refractivity contribution in [2.24, 2.45) is 4.99 Å². The maximum Gasteiger partial charge on any atom is 0.265 e. The van der Waals surface area contributed by atoms with Crippen LogP contribution >= 0.6 is 0 Å². The zero-order chi connectivity index (χ0) is 21.8. The fourth-order valence-electron chi connectivity index (χ4n) is 3.98. The van der Waals surface area contributed by atoms with Crippen LogP contribution in [0.4, 0.5) is 21.6 Å². The lowest BCUT2D eigenvalue weighted by atomic mass is 10.1. The molecule has 2 aliphatic rings. The summed E-state index contributed by atoms with van der Waals surface area (Å²) in [4.78, 5) is 30.3. The van der Waals surface area contributed by atoms with Crippen molar-refractivity contribution in [2.45, 2.75) is 20.3 Å². The van der Waals surface area contributed by atoms with Gasteiger partial charge >= 0.3 is 0 Å². The molecule has 0 unspecified atom stereocenters. The van der Waals surface area contributed by atoms with Gasteiger partial charge in [-0.2, -0.15) is 0 Å². The number of hydrogen-bond donors (Lipinski definition) is 2. The molecule has 164 valence electrons. The third kappa shape index (κ3) is 4.88. The number of rotatable bonds is 6. The molecule has 1 aromatic carbocycles. The smallest absolute Gasteiger partial charge is 0.265 e. The van der Waals surface area contributed by atoms with Crippen LogP contribution in [-0.2, 0) is 11.2 Å². The van der Waals surface area contributed by atoms with Gasteiger partial charge in [0.25, 0.3) is 5.91 Å². The fraction of sp³-hybridized carbons (Fsp3) is 0.455. The van der Waals surface area contributed by atoms with Crippen molar-refractivity contribution in [1.29, 1.82) is 0 Å². The highest BCUT2D eigenvalue weighted by Gasteiger charge is 2.25. The van der Waals surface area contributed by atoms with Crippen molar-refractivity contribution in [3.05, 3.63) is 41.6 Å². The van der Waals surface area contributed by atoms with Gasteiger partial charge in [0.1, 0.15) is 23.5 Å². The van der Waals surface area contributed by atoms with Crippen LogP contribution in [0.2, 0.25) is 0 Å². The van der Waals surface area contributed by atoms with E-state index in [9.17, 15) is 9.18 Å². The minimum absolute atomic E-state index is 0.201. The number of nitrogens with zero attached hydrogens (tertiary/aromatic N) is 5. The molecule has 1 fully saturated rings. The predicted molar refractivity (Wildman–Crippen MR) is 119 cm³/mol. The van der Waals surface area contributed by atoms with Crippen molar-refractivity contribution in [3.8, 4) is 0 Å². The topological polar surface area (TPSA) is 85.8 Å². The zero-order valence-electron chi connectivity index (χ0n) is 18.0. The number of piperazine rings is 1. The molecule has 31 heavy (non-hydrogen) atoms. The van der Waals surface area contributed by atoms with Crippen LogP contribution in [0.5, 0.6) is 0 Å². The summed E-state index contributed by atoms with van der Waals surface area (Å²) in [7, 11) is 0. The molecule has 3 heterocycles. The molecular formula is C22H28FN7O. The van der Waals surface area contributed by atoms with Crippen LogP contribution in [0.1, 0.15) is 18.2 Å². The van der Waals surface area contributed by atoms with E-state index in [2.05, 4.69) is 30.5 Å². The third-order valence-electron chi connectivity index (χ3n) is 5.71. The maximum absolute atomic E-state index is 13.6. The minimum atomic E-state index is -0.244. The van der Waals surface area contributed by atoms with Gasteiger partial charge in [0, 0.05) is 51.5 Å². The van der Waals surface area contributed by atoms with Gasteiger partial charge in [-0.25, -0.2) is 19.4 Å². The largest absolute Gasteiger partial charge is 0.350 e. The van der Waals surface area contributed by atoms with Crippen molar-refractivity contribution in [1.82, 2.24) is 25.5 Å². The van der Waals surface area contributed by atoms with E-state index in [-0.39, 0.29) is 11.7 Å². The molecule has 2 aromatic rings. The molecule has 0 bridgehead atoms. The van der Waals surface area contributed by atoms with Crippen molar-refractivity contribution in [3.63, 3.8) is 0 Å². The average Bonchev–Trinajstić information content (AvgIpc) is 3.18. The number of halogens is 1. The van der Waals surface area contributed by atoms with E-state index in [1.54, 1.807) is 19.1 Å². The summed E-state index contributed by atoms with van der Waals surface area (Å²) in [6, 6.07) is 4.77. The van der Waals surface area contributed by atoms with Gasteiger partial charge in [0.2, 0.25) is 0 Å². The Labute approximate surface area is 181 Å². The number of aryl methyl sites for hydroxylation is 1. The van der Waals surface area contributed by atoms with Gasteiger partial charge in [-0.3, -0.25) is 9.69 Å². The summed E-state index contributed by atoms with van der Waals surface area (Å²) < 4.78 is 13.6. The van der Waals surface area contributed by atoms with E-state index in [0.717, 1.165) is 50.4 Å². The molecule has 1 saturated heterocycles. The second-order valence-electron chi connectivity index (χ2n) is 7.85. The van der Waals surface area contributed by atoms with Gasteiger partial charge in [-0.1, -0.05) is 0 Å². The first-order chi connectivity index (χ1) is 15.0. The van der Waals surface area contributed by atoms with E-state index in [1.165, 1.54) is 12.4 Å². The number of amides is 1. The summed E-state index contributed by atoms with van der Waals surface area (Å²) in [5.74, 6) is 0.185. The molecule has 0 saturated carbocycles. The average molecular weight is 426 g/mol. The summed E-state index contributed by atoms with van der Waals surface area (Å²) in [5, 5.41) is 6.27. The van der Waals surface area contributed by atoms with Crippen LogP contribution in [-0.4, -0.2) is 72.3 Å². The number of fused-ring (bicyclic) bond motifs is 1. The van der Waals surface area contributed by atoms with Gasteiger partial charge in [0.15, 0.2) is 5.82 Å². The van der Waals surface area contributed by atoms with Gasteiger partial charge in [-0.05, 0) is 44.0 Å². The van der Waals surface area contributed by atoms with Crippen LogP contribution in [0.25, 0.3) is 0 Å². The first-order valence-corrected chi connectivity index (χ1v) is 10.7. The van der Waals surface area contributed by atoms with E-state index in [1.807, 2.05) is 11.8 Å². The Morgan fingerprint density at radius 2 is 2.06 bits per heavy atom. The minimum Gasteiger partial charge on any atom is -0.350 e. The number of benzene rings is 1. The molecule has 4 rings (SSSR count). The number of aromatic nitrogens is 2. The van der Waals surface area contributed by atoms with E-state index < -0.39 is 0 Å². The highest BCUT2D eigenvalue weighted by Crippen LogP contribution is 2.39. The Morgan fingerprint density at radius 3 is 2.87 bits per heavy atom. The second kappa shape index (κ2) is 9.49. The summed E-state index contributed by atoms with van der Waals surface area (Å²) in [5.41, 5.74) is 3.46. The number of carbonyl (C=O) groups excluding carboxylic acids is 1. The predicted octanol–water partition coefficient (Wildman–Crippen LogP) is 1.73. The molecular weight excluding hydrogens is 397 g/mol. The Morgan fingerprint density at radius 1 is 1.26 bits per heavy atom. The monoisotopic (exact) mass is 425 g/mol. The number of hydrogen-bond acceptors (Lipinski definition) is 7. The van der Waals surface area contributed by atoms with Crippen LogP contribution in [0.3, 0.4) is 0 Å². The second-order valence-corrected chi connectivity index (χ2v) is 7.85. The van der Waals surface area contributed by atoms with Crippen LogP contribution < -0.4 is 15.5 Å². The molecule has 2 N–H and O–H groups in total.